The predicted molar refractivity (Wildman–Crippen MR) is 93.5 cm³/mol. The summed E-state index contributed by atoms with van der Waals surface area (Å²) in [7, 11) is 0. The fraction of sp³-hybridized carbons (Fsp3) is 0.167. The van der Waals surface area contributed by atoms with E-state index in [-0.39, 0.29) is 29.4 Å². The van der Waals surface area contributed by atoms with Crippen LogP contribution in [0.1, 0.15) is 12.5 Å². The molecule has 0 saturated heterocycles. The molecule has 1 atom stereocenters. The Labute approximate surface area is 154 Å². The molecule has 2 aliphatic heterocycles. The zero-order chi connectivity index (χ0) is 19.1. The van der Waals surface area contributed by atoms with Gasteiger partial charge in [-0.2, -0.15) is 5.26 Å². The van der Waals surface area contributed by atoms with Crippen molar-refractivity contribution in [3.05, 3.63) is 64.2 Å². The molecule has 26 heavy (non-hydrogen) atoms. The number of nitrogens with two attached hydrogens (primary N) is 1. The number of allylic oxidation sites excluding steroid dienone is 1. The Kier molecular flexibility index (Phi) is 4.22. The van der Waals surface area contributed by atoms with Gasteiger partial charge in [0.1, 0.15) is 29.6 Å². The number of hydrogen-bond donors (Lipinski definition) is 2. The Bertz CT molecular complexity index is 958. The van der Waals surface area contributed by atoms with Crippen LogP contribution >= 0.6 is 11.6 Å². The molecule has 3 N–H and O–H groups in total. The van der Waals surface area contributed by atoms with Crippen molar-refractivity contribution in [2.75, 3.05) is 11.9 Å². The number of fused-ring (bicyclic) bond motifs is 2. The second-order valence-electron chi connectivity index (χ2n) is 5.67. The van der Waals surface area contributed by atoms with E-state index in [1.54, 1.807) is 12.1 Å². The first-order valence-electron chi connectivity index (χ1n) is 7.57. The first kappa shape index (κ1) is 17.6. The average molecular weight is 372 g/mol. The van der Waals surface area contributed by atoms with E-state index in [1.165, 1.54) is 19.1 Å². The molecule has 0 saturated carbocycles. The maximum Gasteiger partial charge on any atom is 0.339 e. The van der Waals surface area contributed by atoms with Crippen LogP contribution < -0.4 is 11.1 Å². The molecule has 1 spiro atoms. The molecule has 1 aromatic carbocycles. The summed E-state index contributed by atoms with van der Waals surface area (Å²) in [6, 6.07) is 6.59. The van der Waals surface area contributed by atoms with Crippen molar-refractivity contribution in [3.63, 3.8) is 0 Å². The summed E-state index contributed by atoms with van der Waals surface area (Å²) in [5.74, 6) is -1.61. The number of ether oxygens (including phenoxy) is 2. The van der Waals surface area contributed by atoms with Gasteiger partial charge in [0.2, 0.25) is 11.8 Å². The molecule has 1 amide bonds. The van der Waals surface area contributed by atoms with Gasteiger partial charge in [-0.15, -0.1) is 0 Å². The van der Waals surface area contributed by atoms with E-state index < -0.39 is 17.3 Å². The number of anilines is 1. The lowest BCUT2D eigenvalue weighted by Crippen LogP contribution is -2.45. The Morgan fingerprint density at radius 2 is 2.31 bits per heavy atom. The zero-order valence-corrected chi connectivity index (χ0v) is 14.5. The van der Waals surface area contributed by atoms with Gasteiger partial charge in [-0.25, -0.2) is 4.79 Å². The zero-order valence-electron chi connectivity index (χ0n) is 13.8. The van der Waals surface area contributed by atoms with Gasteiger partial charge in [0.05, 0.1) is 0 Å². The summed E-state index contributed by atoms with van der Waals surface area (Å²) >= 11 is 6.10. The Hall–Kier alpha value is -3.24. The molecule has 2 heterocycles. The molecule has 8 heteroatoms. The van der Waals surface area contributed by atoms with E-state index in [1.807, 2.05) is 6.07 Å². The van der Waals surface area contributed by atoms with Gasteiger partial charge in [-0.1, -0.05) is 24.3 Å². The molecule has 0 bridgehead atoms. The Morgan fingerprint density at radius 3 is 2.96 bits per heavy atom. The van der Waals surface area contributed by atoms with Gasteiger partial charge in [0.25, 0.3) is 0 Å². The van der Waals surface area contributed by atoms with Crippen LogP contribution in [0.25, 0.3) is 0 Å². The van der Waals surface area contributed by atoms with Crippen LogP contribution in [-0.2, 0) is 24.5 Å². The van der Waals surface area contributed by atoms with E-state index in [0.29, 0.717) is 16.3 Å². The first-order chi connectivity index (χ1) is 12.4. The monoisotopic (exact) mass is 371 g/mol. The van der Waals surface area contributed by atoms with Crippen LogP contribution in [0.15, 0.2) is 53.6 Å². The van der Waals surface area contributed by atoms with Gasteiger partial charge in [0, 0.05) is 16.3 Å². The highest BCUT2D eigenvalue weighted by atomic mass is 35.5. The fourth-order valence-electron chi connectivity index (χ4n) is 3.25. The number of rotatable bonds is 3. The summed E-state index contributed by atoms with van der Waals surface area (Å²) in [6.45, 7) is 4.89. The van der Waals surface area contributed by atoms with Gasteiger partial charge < -0.3 is 20.5 Å². The fourth-order valence-corrected chi connectivity index (χ4v) is 3.43. The molecule has 132 valence electrons. The third kappa shape index (κ3) is 2.27. The molecule has 1 aromatic rings. The Morgan fingerprint density at radius 1 is 1.58 bits per heavy atom. The largest absolute Gasteiger partial charge is 0.458 e. The number of nitrogens with one attached hydrogen (secondary N) is 1. The summed E-state index contributed by atoms with van der Waals surface area (Å²) in [5.41, 5.74) is 4.51. The molecule has 0 unspecified atom stereocenters. The molecule has 0 radical (unpaired) electrons. The highest BCUT2D eigenvalue weighted by molar-refractivity contribution is 6.31. The normalized spacial score (nSPS) is 21.0. The van der Waals surface area contributed by atoms with Crippen LogP contribution in [0, 0.1) is 11.3 Å². The minimum absolute atomic E-state index is 0.0681. The lowest BCUT2D eigenvalue weighted by molar-refractivity contribution is -0.140. The number of carbonyl (C=O) groups excluding carboxylic acids is 2. The maximum atomic E-state index is 13.1. The third-order valence-electron chi connectivity index (χ3n) is 4.23. The minimum Gasteiger partial charge on any atom is -0.458 e. The summed E-state index contributed by atoms with van der Waals surface area (Å²) in [6.07, 6.45) is 1.39. The van der Waals surface area contributed by atoms with E-state index in [9.17, 15) is 14.9 Å². The van der Waals surface area contributed by atoms with Crippen molar-refractivity contribution in [3.8, 4) is 6.07 Å². The number of nitrogens with zero attached hydrogens (tertiary/aromatic N) is 1. The van der Waals surface area contributed by atoms with Gasteiger partial charge in [-0.3, -0.25) is 4.79 Å². The van der Waals surface area contributed by atoms with Crippen LogP contribution in [-0.4, -0.2) is 18.5 Å². The number of nitriles is 1. The highest BCUT2D eigenvalue weighted by Gasteiger charge is 2.59. The maximum absolute atomic E-state index is 13.1. The van der Waals surface area contributed by atoms with E-state index in [0.717, 1.165) is 0 Å². The summed E-state index contributed by atoms with van der Waals surface area (Å²) < 4.78 is 10.5. The molecule has 7 nitrogen and oxygen atoms in total. The van der Waals surface area contributed by atoms with E-state index in [4.69, 9.17) is 26.8 Å². The van der Waals surface area contributed by atoms with Crippen LogP contribution in [0.2, 0.25) is 5.02 Å². The second kappa shape index (κ2) is 6.24. The second-order valence-corrected chi connectivity index (χ2v) is 6.10. The number of carbonyl (C=O) groups is 2. The number of esters is 1. The predicted octanol–water partition coefficient (Wildman–Crippen LogP) is 2.26. The van der Waals surface area contributed by atoms with Crippen molar-refractivity contribution < 1.29 is 19.1 Å². The highest BCUT2D eigenvalue weighted by Crippen LogP contribution is 2.52. The molecule has 0 aromatic heterocycles. The number of benzene rings is 1. The van der Waals surface area contributed by atoms with Gasteiger partial charge in [-0.05, 0) is 25.1 Å². The molecular weight excluding hydrogens is 358 g/mol. The van der Waals surface area contributed by atoms with E-state index in [2.05, 4.69) is 11.9 Å². The minimum atomic E-state index is -1.79. The van der Waals surface area contributed by atoms with E-state index >= 15 is 0 Å². The summed E-state index contributed by atoms with van der Waals surface area (Å²) in [5, 5.41) is 12.7. The smallest absolute Gasteiger partial charge is 0.339 e. The van der Waals surface area contributed by atoms with Crippen molar-refractivity contribution in [1.29, 1.82) is 5.26 Å². The molecule has 2 aliphatic rings. The SMILES string of the molecule is C=CCOC(=O)C1=C(C)OC(N)=C(C#N)[C@]12C(=O)Nc1ccc(Cl)cc12. The van der Waals surface area contributed by atoms with Gasteiger partial charge in [0.15, 0.2) is 5.41 Å². The van der Waals surface area contributed by atoms with Crippen molar-refractivity contribution >= 4 is 29.2 Å². The first-order valence-corrected chi connectivity index (χ1v) is 7.94. The topological polar surface area (TPSA) is 114 Å². The van der Waals surface area contributed by atoms with Crippen LogP contribution in [0.4, 0.5) is 5.69 Å². The van der Waals surface area contributed by atoms with Crippen molar-refractivity contribution in [1.82, 2.24) is 0 Å². The standard InChI is InChI=1S/C18H14ClN3O4/c1-3-6-25-16(23)14-9(2)26-15(21)12(8-20)18(14)11-7-10(19)4-5-13(11)22-17(18)24/h3-5,7H,1,6,21H2,2H3,(H,22,24)/t18-/m0/s1. The number of halogens is 1. The number of hydrogen-bond acceptors (Lipinski definition) is 6. The van der Waals surface area contributed by atoms with Crippen molar-refractivity contribution in [2.45, 2.75) is 12.3 Å². The third-order valence-corrected chi connectivity index (χ3v) is 4.47. The van der Waals surface area contributed by atoms with Crippen LogP contribution in [0.3, 0.4) is 0 Å². The lowest BCUT2D eigenvalue weighted by Gasteiger charge is -2.33. The van der Waals surface area contributed by atoms with Crippen molar-refractivity contribution in [2.24, 2.45) is 5.73 Å². The average Bonchev–Trinajstić information content (AvgIpc) is 2.86. The molecule has 3 rings (SSSR count). The molecular formula is C18H14ClN3O4. The molecule has 0 aliphatic carbocycles. The summed E-state index contributed by atoms with van der Waals surface area (Å²) in [4.78, 5) is 25.8. The van der Waals surface area contributed by atoms with Crippen LogP contribution in [0.5, 0.6) is 0 Å². The lowest BCUT2D eigenvalue weighted by atomic mass is 9.68. The molecule has 0 fully saturated rings. The quantitative estimate of drug-likeness (QED) is 0.622. The Balaban J connectivity index is 2.36. The van der Waals surface area contributed by atoms with Gasteiger partial charge >= 0.3 is 5.97 Å². The number of amides is 1.